The van der Waals surface area contributed by atoms with Crippen molar-refractivity contribution in [2.45, 2.75) is 12.1 Å². The SMILES string of the molecule is CCOC(=O)c1ccc(NC(=O)CSc2nc3ccccc3c(=O)n2-c2ccccc2F)cc1. The Hall–Kier alpha value is -3.98. The van der Waals surface area contributed by atoms with Gasteiger partial charge in [-0.2, -0.15) is 0 Å². The summed E-state index contributed by atoms with van der Waals surface area (Å²) in [4.78, 5) is 42.0. The molecular formula is C25H20FN3O4S. The van der Waals surface area contributed by atoms with Crippen molar-refractivity contribution in [3.63, 3.8) is 0 Å². The molecule has 1 heterocycles. The fourth-order valence-electron chi connectivity index (χ4n) is 3.29. The third-order valence-corrected chi connectivity index (χ3v) is 5.79. The molecule has 0 spiro atoms. The van der Waals surface area contributed by atoms with Gasteiger partial charge in [-0.3, -0.25) is 14.2 Å². The van der Waals surface area contributed by atoms with Gasteiger partial charge >= 0.3 is 5.97 Å². The number of nitrogens with one attached hydrogen (secondary N) is 1. The summed E-state index contributed by atoms with van der Waals surface area (Å²) in [5.74, 6) is -1.44. The summed E-state index contributed by atoms with van der Waals surface area (Å²) in [5.41, 5.74) is 0.967. The first-order valence-electron chi connectivity index (χ1n) is 10.4. The average Bonchev–Trinajstić information content (AvgIpc) is 2.84. The summed E-state index contributed by atoms with van der Waals surface area (Å²) in [5, 5.41) is 3.28. The van der Waals surface area contributed by atoms with E-state index in [1.807, 2.05) is 0 Å². The number of hydrogen-bond donors (Lipinski definition) is 1. The van der Waals surface area contributed by atoms with Crippen LogP contribution >= 0.6 is 11.8 Å². The largest absolute Gasteiger partial charge is 0.462 e. The van der Waals surface area contributed by atoms with E-state index in [1.54, 1.807) is 61.5 Å². The lowest BCUT2D eigenvalue weighted by Gasteiger charge is -2.14. The van der Waals surface area contributed by atoms with Gasteiger partial charge in [0.25, 0.3) is 5.56 Å². The van der Waals surface area contributed by atoms with Crippen LogP contribution in [0, 0.1) is 5.82 Å². The van der Waals surface area contributed by atoms with Crippen LogP contribution in [0.3, 0.4) is 0 Å². The predicted molar refractivity (Wildman–Crippen MR) is 129 cm³/mol. The number of benzene rings is 3. The number of para-hydroxylation sites is 2. The molecule has 0 aliphatic heterocycles. The van der Waals surface area contributed by atoms with Gasteiger partial charge in [0, 0.05) is 5.69 Å². The fourth-order valence-corrected chi connectivity index (χ4v) is 4.09. The molecule has 0 unspecified atom stereocenters. The summed E-state index contributed by atoms with van der Waals surface area (Å²) >= 11 is 1.02. The maximum Gasteiger partial charge on any atom is 0.338 e. The highest BCUT2D eigenvalue weighted by atomic mass is 32.2. The lowest BCUT2D eigenvalue weighted by atomic mass is 10.2. The fraction of sp³-hybridized carbons (Fsp3) is 0.120. The number of halogens is 1. The Bertz CT molecular complexity index is 1420. The number of nitrogens with zero attached hydrogens (tertiary/aromatic N) is 2. The Morgan fingerprint density at radius 2 is 1.74 bits per heavy atom. The standard InChI is InChI=1S/C25H20FN3O4S/c1-2-33-24(32)16-11-13-17(14-12-16)27-22(30)15-34-25-28-20-9-5-3-7-18(20)23(31)29(25)21-10-6-4-8-19(21)26/h3-14H,2,15H2,1H3,(H,27,30). The Kier molecular flexibility index (Phi) is 7.03. The van der Waals surface area contributed by atoms with Gasteiger partial charge in [0.15, 0.2) is 5.16 Å². The quantitative estimate of drug-likeness (QED) is 0.241. The molecule has 0 fully saturated rings. The lowest BCUT2D eigenvalue weighted by Crippen LogP contribution is -2.23. The van der Waals surface area contributed by atoms with E-state index in [-0.39, 0.29) is 29.1 Å². The molecular weight excluding hydrogens is 457 g/mol. The van der Waals surface area contributed by atoms with E-state index in [0.717, 1.165) is 11.8 Å². The third kappa shape index (κ3) is 4.99. The molecule has 0 bridgehead atoms. The number of hydrogen-bond acceptors (Lipinski definition) is 6. The van der Waals surface area contributed by atoms with E-state index in [4.69, 9.17) is 4.74 Å². The van der Waals surface area contributed by atoms with Crippen molar-refractivity contribution in [1.29, 1.82) is 0 Å². The molecule has 0 saturated carbocycles. The van der Waals surface area contributed by atoms with Gasteiger partial charge in [0.2, 0.25) is 5.91 Å². The highest BCUT2D eigenvalue weighted by Gasteiger charge is 2.17. The van der Waals surface area contributed by atoms with Crippen molar-refractivity contribution >= 4 is 40.2 Å². The van der Waals surface area contributed by atoms with E-state index >= 15 is 0 Å². The van der Waals surface area contributed by atoms with Crippen molar-refractivity contribution in [3.8, 4) is 5.69 Å². The first-order chi connectivity index (χ1) is 16.5. The topological polar surface area (TPSA) is 90.3 Å². The van der Waals surface area contributed by atoms with Crippen LogP contribution in [0.1, 0.15) is 17.3 Å². The van der Waals surface area contributed by atoms with E-state index in [0.29, 0.717) is 22.2 Å². The van der Waals surface area contributed by atoms with E-state index in [2.05, 4.69) is 10.3 Å². The van der Waals surface area contributed by atoms with E-state index < -0.39 is 17.3 Å². The normalized spacial score (nSPS) is 10.8. The highest BCUT2D eigenvalue weighted by molar-refractivity contribution is 7.99. The molecule has 0 aliphatic rings. The minimum absolute atomic E-state index is 0.0585. The molecule has 0 atom stereocenters. The van der Waals surface area contributed by atoms with Crippen LogP contribution in [0.4, 0.5) is 10.1 Å². The molecule has 1 N–H and O–H groups in total. The molecule has 9 heteroatoms. The van der Waals surface area contributed by atoms with Crippen molar-refractivity contribution < 1.29 is 18.7 Å². The molecule has 4 aromatic rings. The summed E-state index contributed by atoms with van der Waals surface area (Å²) in [6.45, 7) is 2.00. The van der Waals surface area contributed by atoms with Crippen LogP contribution < -0.4 is 10.9 Å². The maximum absolute atomic E-state index is 14.6. The second-order valence-corrected chi connectivity index (χ2v) is 8.08. The van der Waals surface area contributed by atoms with Crippen LogP contribution in [0.5, 0.6) is 0 Å². The average molecular weight is 478 g/mol. The zero-order valence-electron chi connectivity index (χ0n) is 18.2. The smallest absolute Gasteiger partial charge is 0.338 e. The second kappa shape index (κ2) is 10.3. The number of esters is 1. The lowest BCUT2D eigenvalue weighted by molar-refractivity contribution is -0.113. The van der Waals surface area contributed by atoms with Gasteiger partial charge in [-0.05, 0) is 55.5 Å². The van der Waals surface area contributed by atoms with Crippen LogP contribution in [0.2, 0.25) is 0 Å². The van der Waals surface area contributed by atoms with Crippen LogP contribution in [0.15, 0.2) is 82.7 Å². The Labute approximate surface area is 198 Å². The van der Waals surface area contributed by atoms with Crippen molar-refractivity contribution in [2.75, 3.05) is 17.7 Å². The Morgan fingerprint density at radius 3 is 2.47 bits per heavy atom. The number of carbonyl (C=O) groups is 2. The van der Waals surface area contributed by atoms with Gasteiger partial charge in [0.1, 0.15) is 5.82 Å². The van der Waals surface area contributed by atoms with Gasteiger partial charge in [-0.25, -0.2) is 14.2 Å². The zero-order valence-corrected chi connectivity index (χ0v) is 19.0. The molecule has 7 nitrogen and oxygen atoms in total. The molecule has 1 amide bonds. The molecule has 172 valence electrons. The van der Waals surface area contributed by atoms with Crippen LogP contribution in [-0.2, 0) is 9.53 Å². The van der Waals surface area contributed by atoms with Crippen molar-refractivity contribution in [2.24, 2.45) is 0 Å². The molecule has 3 aromatic carbocycles. The van der Waals surface area contributed by atoms with Gasteiger partial charge < -0.3 is 10.1 Å². The number of ether oxygens (including phenoxy) is 1. The minimum Gasteiger partial charge on any atom is -0.462 e. The monoisotopic (exact) mass is 477 g/mol. The number of anilines is 1. The summed E-state index contributed by atoms with van der Waals surface area (Å²) in [6.07, 6.45) is 0. The number of thioether (sulfide) groups is 1. The van der Waals surface area contributed by atoms with Gasteiger partial charge in [0.05, 0.1) is 34.5 Å². The molecule has 34 heavy (non-hydrogen) atoms. The molecule has 1 aromatic heterocycles. The highest BCUT2D eigenvalue weighted by Crippen LogP contribution is 2.23. The number of carbonyl (C=O) groups excluding carboxylic acids is 2. The summed E-state index contributed by atoms with van der Waals surface area (Å²) < 4.78 is 20.7. The third-order valence-electron chi connectivity index (χ3n) is 4.85. The van der Waals surface area contributed by atoms with E-state index in [9.17, 15) is 18.8 Å². The van der Waals surface area contributed by atoms with Crippen molar-refractivity contribution in [3.05, 3.63) is 94.5 Å². The molecule has 0 aliphatic carbocycles. The number of rotatable bonds is 7. The Morgan fingerprint density at radius 1 is 1.03 bits per heavy atom. The number of fused-ring (bicyclic) bond motifs is 1. The van der Waals surface area contributed by atoms with Crippen LogP contribution in [-0.4, -0.2) is 33.8 Å². The predicted octanol–water partition coefficient (Wildman–Crippen LogP) is 4.43. The summed E-state index contributed by atoms with van der Waals surface area (Å²) in [6, 6.07) is 19.0. The first kappa shape index (κ1) is 23.2. The minimum atomic E-state index is -0.574. The molecule has 4 rings (SSSR count). The second-order valence-electron chi connectivity index (χ2n) is 7.14. The zero-order chi connectivity index (χ0) is 24.1. The first-order valence-corrected chi connectivity index (χ1v) is 11.4. The maximum atomic E-state index is 14.6. The van der Waals surface area contributed by atoms with E-state index in [1.165, 1.54) is 22.8 Å². The number of amides is 1. The van der Waals surface area contributed by atoms with Crippen molar-refractivity contribution in [1.82, 2.24) is 9.55 Å². The number of aromatic nitrogens is 2. The van der Waals surface area contributed by atoms with Gasteiger partial charge in [-0.1, -0.05) is 36.0 Å². The van der Waals surface area contributed by atoms with Crippen LogP contribution in [0.25, 0.3) is 16.6 Å². The summed E-state index contributed by atoms with van der Waals surface area (Å²) in [7, 11) is 0. The van der Waals surface area contributed by atoms with Gasteiger partial charge in [-0.15, -0.1) is 0 Å². The Balaban J connectivity index is 1.57. The molecule has 0 saturated heterocycles. The molecule has 0 radical (unpaired) electrons.